The minimum atomic E-state index is -3.57. The number of rotatable bonds is 6. The maximum atomic E-state index is 12.1. The minimum absolute atomic E-state index is 0.00728. The van der Waals surface area contributed by atoms with Crippen LogP contribution in [0.2, 0.25) is 0 Å². The number of benzene rings is 1. The highest BCUT2D eigenvalue weighted by atomic mass is 32.2. The number of nitrogens with one attached hydrogen (secondary N) is 2. The summed E-state index contributed by atoms with van der Waals surface area (Å²) in [6.45, 7) is 2.16. The predicted octanol–water partition coefficient (Wildman–Crippen LogP) is 0.382. The third-order valence-electron chi connectivity index (χ3n) is 3.15. The zero-order valence-electron chi connectivity index (χ0n) is 11.3. The Labute approximate surface area is 118 Å². The highest BCUT2D eigenvalue weighted by Crippen LogP contribution is 2.28. The first kappa shape index (κ1) is 14.8. The number of sulfonamides is 1. The van der Waals surface area contributed by atoms with Gasteiger partial charge in [-0.05, 0) is 43.5 Å². The highest BCUT2D eigenvalue weighted by molar-refractivity contribution is 7.89. The zero-order valence-corrected chi connectivity index (χ0v) is 12.2. The molecule has 0 bridgehead atoms. The first-order chi connectivity index (χ1) is 9.40. The molecule has 1 aliphatic carbocycles. The van der Waals surface area contributed by atoms with Gasteiger partial charge in [0, 0.05) is 24.7 Å². The van der Waals surface area contributed by atoms with Gasteiger partial charge in [0.2, 0.25) is 15.9 Å². The summed E-state index contributed by atoms with van der Waals surface area (Å²) in [7, 11) is -3.57. The Hall–Kier alpha value is -1.60. The molecule has 1 aromatic rings. The quantitative estimate of drug-likeness (QED) is 0.522. The number of amides is 1. The summed E-state index contributed by atoms with van der Waals surface area (Å²) in [5.41, 5.74) is 6.72. The summed E-state index contributed by atoms with van der Waals surface area (Å²) in [4.78, 5) is 11.6. The lowest BCUT2D eigenvalue weighted by atomic mass is 10.2. The largest absolute Gasteiger partial charge is 0.399 e. The number of hydrogen-bond acceptors (Lipinski definition) is 4. The Morgan fingerprint density at radius 1 is 1.35 bits per heavy atom. The van der Waals surface area contributed by atoms with Gasteiger partial charge < -0.3 is 11.1 Å². The Morgan fingerprint density at radius 3 is 2.65 bits per heavy atom. The fourth-order valence-electron chi connectivity index (χ4n) is 1.91. The number of nitrogen functional groups attached to an aromatic ring is 1. The van der Waals surface area contributed by atoms with Gasteiger partial charge >= 0.3 is 0 Å². The fraction of sp³-hybridized carbons (Fsp3) is 0.462. The summed E-state index contributed by atoms with van der Waals surface area (Å²) in [5.74, 6) is 0.138. The van der Waals surface area contributed by atoms with Crippen molar-refractivity contribution in [1.29, 1.82) is 0 Å². The topological polar surface area (TPSA) is 101 Å². The maximum absolute atomic E-state index is 12.1. The minimum Gasteiger partial charge on any atom is -0.399 e. The molecule has 0 unspecified atom stereocenters. The molecule has 4 N–H and O–H groups in total. The van der Waals surface area contributed by atoms with Gasteiger partial charge in [0.05, 0.1) is 4.90 Å². The lowest BCUT2D eigenvalue weighted by molar-refractivity contribution is -0.122. The number of nitrogens with two attached hydrogens (primary N) is 1. The van der Waals surface area contributed by atoms with E-state index >= 15 is 0 Å². The average molecular weight is 297 g/mol. The van der Waals surface area contributed by atoms with Crippen molar-refractivity contribution in [3.05, 3.63) is 23.8 Å². The second-order valence-corrected chi connectivity index (χ2v) is 6.72. The molecular formula is C13H19N3O3S. The van der Waals surface area contributed by atoms with Gasteiger partial charge in [-0.2, -0.15) is 0 Å². The molecule has 0 atom stereocenters. The van der Waals surface area contributed by atoms with Gasteiger partial charge in [0.25, 0.3) is 0 Å². The normalized spacial score (nSPS) is 15.1. The van der Waals surface area contributed by atoms with Crippen molar-refractivity contribution in [3.8, 4) is 0 Å². The van der Waals surface area contributed by atoms with Crippen molar-refractivity contribution in [3.63, 3.8) is 0 Å². The van der Waals surface area contributed by atoms with Gasteiger partial charge in [0.1, 0.15) is 0 Å². The molecule has 1 aliphatic rings. The summed E-state index contributed by atoms with van der Waals surface area (Å²) < 4.78 is 26.6. The van der Waals surface area contributed by atoms with Crippen LogP contribution in [0.5, 0.6) is 0 Å². The lowest BCUT2D eigenvalue weighted by Gasteiger charge is -2.10. The van der Waals surface area contributed by atoms with Crippen LogP contribution in [0.15, 0.2) is 23.1 Å². The number of aryl methyl sites for hydroxylation is 1. The maximum Gasteiger partial charge on any atom is 0.240 e. The van der Waals surface area contributed by atoms with Gasteiger partial charge in [-0.3, -0.25) is 4.79 Å². The van der Waals surface area contributed by atoms with Crippen LogP contribution in [0.3, 0.4) is 0 Å². The van der Waals surface area contributed by atoms with Crippen LogP contribution >= 0.6 is 0 Å². The van der Waals surface area contributed by atoms with E-state index in [1.807, 2.05) is 0 Å². The van der Waals surface area contributed by atoms with Gasteiger partial charge in [-0.1, -0.05) is 0 Å². The number of hydrogen-bond donors (Lipinski definition) is 3. The molecule has 0 radical (unpaired) electrons. The summed E-state index contributed by atoms with van der Waals surface area (Å²) in [6.07, 6.45) is 1.87. The van der Waals surface area contributed by atoms with E-state index in [4.69, 9.17) is 5.73 Å². The molecule has 0 aromatic heterocycles. The van der Waals surface area contributed by atoms with Gasteiger partial charge in [-0.15, -0.1) is 0 Å². The van der Waals surface area contributed by atoms with Crippen molar-refractivity contribution >= 4 is 21.6 Å². The van der Waals surface area contributed by atoms with Crippen LogP contribution in [0.4, 0.5) is 5.69 Å². The molecule has 6 nitrogen and oxygen atoms in total. The van der Waals surface area contributed by atoms with Crippen molar-refractivity contribution in [1.82, 2.24) is 10.0 Å². The molecule has 0 aliphatic heterocycles. The molecule has 1 amide bonds. The summed E-state index contributed by atoms with van der Waals surface area (Å²) >= 11 is 0. The smallest absolute Gasteiger partial charge is 0.240 e. The molecule has 0 heterocycles. The van der Waals surface area contributed by atoms with Crippen molar-refractivity contribution < 1.29 is 13.2 Å². The molecular weight excluding hydrogens is 278 g/mol. The Balaban J connectivity index is 1.88. The van der Waals surface area contributed by atoms with Crippen LogP contribution in [-0.4, -0.2) is 27.4 Å². The van der Waals surface area contributed by atoms with Gasteiger partial charge in [-0.25, -0.2) is 13.1 Å². The van der Waals surface area contributed by atoms with E-state index in [-0.39, 0.29) is 23.3 Å². The fourth-order valence-corrected chi connectivity index (χ4v) is 3.17. The van der Waals surface area contributed by atoms with E-state index < -0.39 is 10.0 Å². The lowest BCUT2D eigenvalue weighted by Crippen LogP contribution is -2.35. The second kappa shape index (κ2) is 5.80. The molecule has 1 fully saturated rings. The second-order valence-electron chi connectivity index (χ2n) is 4.99. The monoisotopic (exact) mass is 297 g/mol. The Morgan fingerprint density at radius 2 is 2.05 bits per heavy atom. The summed E-state index contributed by atoms with van der Waals surface area (Å²) in [5, 5.41) is 2.71. The molecule has 1 saturated carbocycles. The van der Waals surface area contributed by atoms with E-state index in [0.717, 1.165) is 12.8 Å². The van der Waals surface area contributed by atoms with E-state index in [1.54, 1.807) is 19.1 Å². The van der Waals surface area contributed by atoms with E-state index in [0.29, 0.717) is 17.8 Å². The SMILES string of the molecule is Cc1cc(N)ccc1S(=O)(=O)NCCNC(=O)C1CC1. The van der Waals surface area contributed by atoms with Crippen LogP contribution in [0.25, 0.3) is 0 Å². The van der Waals surface area contributed by atoms with E-state index in [1.165, 1.54) is 6.07 Å². The van der Waals surface area contributed by atoms with Crippen molar-refractivity contribution in [2.75, 3.05) is 18.8 Å². The number of carbonyl (C=O) groups is 1. The molecule has 110 valence electrons. The van der Waals surface area contributed by atoms with Crippen LogP contribution in [-0.2, 0) is 14.8 Å². The molecule has 0 saturated heterocycles. The van der Waals surface area contributed by atoms with Crippen LogP contribution < -0.4 is 15.8 Å². The van der Waals surface area contributed by atoms with Crippen LogP contribution in [0, 0.1) is 12.8 Å². The highest BCUT2D eigenvalue weighted by Gasteiger charge is 2.29. The first-order valence-corrected chi connectivity index (χ1v) is 8.02. The van der Waals surface area contributed by atoms with E-state index in [2.05, 4.69) is 10.0 Å². The summed E-state index contributed by atoms with van der Waals surface area (Å²) in [6, 6.07) is 4.65. The third kappa shape index (κ3) is 3.71. The van der Waals surface area contributed by atoms with Gasteiger partial charge in [0.15, 0.2) is 0 Å². The van der Waals surface area contributed by atoms with Crippen molar-refractivity contribution in [2.45, 2.75) is 24.7 Å². The molecule has 7 heteroatoms. The zero-order chi connectivity index (χ0) is 14.8. The first-order valence-electron chi connectivity index (χ1n) is 6.53. The Bertz CT molecular complexity index is 609. The third-order valence-corrected chi connectivity index (χ3v) is 4.77. The molecule has 2 rings (SSSR count). The van der Waals surface area contributed by atoms with Crippen LogP contribution in [0.1, 0.15) is 18.4 Å². The average Bonchev–Trinajstić information content (AvgIpc) is 3.18. The molecule has 0 spiro atoms. The van der Waals surface area contributed by atoms with Crippen molar-refractivity contribution in [2.24, 2.45) is 5.92 Å². The molecule has 1 aromatic carbocycles. The standard InChI is InChI=1S/C13H19N3O3S/c1-9-8-11(14)4-5-12(9)20(18,19)16-7-6-15-13(17)10-2-3-10/h4-5,8,10,16H,2-3,6-7,14H2,1H3,(H,15,17). The Kier molecular flexibility index (Phi) is 4.29. The predicted molar refractivity (Wildman–Crippen MR) is 76.5 cm³/mol. The number of anilines is 1. The number of carbonyl (C=O) groups excluding carboxylic acids is 1. The van der Waals surface area contributed by atoms with E-state index in [9.17, 15) is 13.2 Å². The molecule has 20 heavy (non-hydrogen) atoms.